The van der Waals surface area contributed by atoms with Gasteiger partial charge in [0.05, 0.1) is 7.11 Å². The van der Waals surface area contributed by atoms with Crippen LogP contribution in [0.1, 0.15) is 37.7 Å². The van der Waals surface area contributed by atoms with Gasteiger partial charge < -0.3 is 15.2 Å². The topological polar surface area (TPSA) is 61.4 Å². The number of rotatable bonds is 4. The van der Waals surface area contributed by atoms with Gasteiger partial charge in [-0.1, -0.05) is 37.1 Å². The molecule has 0 aromatic heterocycles. The third-order valence-corrected chi connectivity index (χ3v) is 3.57. The van der Waals surface area contributed by atoms with Crippen molar-refractivity contribution in [1.29, 1.82) is 0 Å². The molecule has 1 aliphatic carbocycles. The quantitative estimate of drug-likeness (QED) is 0.587. The molecule has 21 heavy (non-hydrogen) atoms. The molecular formula is C16H20NNaO3. The number of amides is 1. The summed E-state index contributed by atoms with van der Waals surface area (Å²) in [5, 5.41) is 14.4. The van der Waals surface area contributed by atoms with Gasteiger partial charge in [0, 0.05) is 12.1 Å². The van der Waals surface area contributed by atoms with E-state index < -0.39 is 0 Å². The molecule has 0 unspecified atom stereocenters. The van der Waals surface area contributed by atoms with Crippen LogP contribution in [0.25, 0.3) is 6.08 Å². The Kier molecular flexibility index (Phi) is 7.86. The molecule has 1 N–H and O–H groups in total. The average Bonchev–Trinajstić information content (AvgIpc) is 2.47. The van der Waals surface area contributed by atoms with Gasteiger partial charge in [-0.25, -0.2) is 0 Å². The zero-order valence-electron chi connectivity index (χ0n) is 12.7. The number of benzene rings is 1. The Morgan fingerprint density at radius 1 is 1.33 bits per heavy atom. The summed E-state index contributed by atoms with van der Waals surface area (Å²) < 4.78 is 4.97. The summed E-state index contributed by atoms with van der Waals surface area (Å²) in [7, 11) is 1.46. The predicted molar refractivity (Wildman–Crippen MR) is 76.5 cm³/mol. The third-order valence-electron chi connectivity index (χ3n) is 3.57. The van der Waals surface area contributed by atoms with E-state index in [0.29, 0.717) is 11.8 Å². The third kappa shape index (κ3) is 5.73. The number of carbonyl (C=O) groups excluding carboxylic acids is 1. The molecule has 1 amide bonds. The van der Waals surface area contributed by atoms with Crippen LogP contribution in [0.3, 0.4) is 0 Å². The van der Waals surface area contributed by atoms with Crippen molar-refractivity contribution in [2.75, 3.05) is 7.11 Å². The van der Waals surface area contributed by atoms with Crippen LogP contribution in [0.4, 0.5) is 0 Å². The van der Waals surface area contributed by atoms with Crippen LogP contribution in [0, 0.1) is 0 Å². The van der Waals surface area contributed by atoms with E-state index in [2.05, 4.69) is 5.32 Å². The van der Waals surface area contributed by atoms with Gasteiger partial charge in [0.2, 0.25) is 5.91 Å². The minimum atomic E-state index is -0.156. The summed E-state index contributed by atoms with van der Waals surface area (Å²) in [6, 6.07) is 5.05. The number of methoxy groups -OCH3 is 1. The van der Waals surface area contributed by atoms with Crippen molar-refractivity contribution in [2.24, 2.45) is 0 Å². The minimum absolute atomic E-state index is 0. The van der Waals surface area contributed by atoms with Gasteiger partial charge in [-0.3, -0.25) is 4.79 Å². The molecule has 0 saturated heterocycles. The molecule has 108 valence electrons. The molecular weight excluding hydrogens is 277 g/mol. The molecule has 1 aromatic carbocycles. The van der Waals surface area contributed by atoms with Crippen LogP contribution in [0.2, 0.25) is 0 Å². The number of carbonyl (C=O) groups is 1. The second kappa shape index (κ2) is 9.13. The number of nitrogens with one attached hydrogen (secondary N) is 1. The van der Waals surface area contributed by atoms with E-state index in [1.54, 1.807) is 18.2 Å². The summed E-state index contributed by atoms with van der Waals surface area (Å²) in [4.78, 5) is 11.8. The van der Waals surface area contributed by atoms with Gasteiger partial charge in [-0.2, -0.15) is 0 Å². The molecule has 5 heteroatoms. The fraction of sp³-hybridized carbons (Fsp3) is 0.438. The van der Waals surface area contributed by atoms with E-state index in [4.69, 9.17) is 4.74 Å². The maximum absolute atomic E-state index is 11.8. The van der Waals surface area contributed by atoms with Crippen molar-refractivity contribution in [3.8, 4) is 11.5 Å². The largest absolute Gasteiger partial charge is 1.00 e. The summed E-state index contributed by atoms with van der Waals surface area (Å²) in [6.07, 6.45) is 8.99. The molecule has 0 atom stereocenters. The fourth-order valence-corrected chi connectivity index (χ4v) is 2.46. The van der Waals surface area contributed by atoms with Crippen LogP contribution in [-0.2, 0) is 4.79 Å². The maximum Gasteiger partial charge on any atom is 1.00 e. The van der Waals surface area contributed by atoms with Gasteiger partial charge in [0.15, 0.2) is 0 Å². The zero-order valence-corrected chi connectivity index (χ0v) is 14.7. The van der Waals surface area contributed by atoms with E-state index in [-0.39, 0.29) is 41.2 Å². The molecule has 0 heterocycles. The van der Waals surface area contributed by atoms with Crippen molar-refractivity contribution < 1.29 is 44.2 Å². The molecule has 0 bridgehead atoms. The summed E-state index contributed by atoms with van der Waals surface area (Å²) in [5.74, 6) is 0.0539. The van der Waals surface area contributed by atoms with Gasteiger partial charge >= 0.3 is 29.6 Å². The zero-order chi connectivity index (χ0) is 14.4. The summed E-state index contributed by atoms with van der Waals surface area (Å²) >= 11 is 0. The van der Waals surface area contributed by atoms with E-state index >= 15 is 0 Å². The molecule has 2 rings (SSSR count). The Labute approximate surface area is 147 Å². The van der Waals surface area contributed by atoms with E-state index in [1.165, 1.54) is 38.5 Å². The maximum atomic E-state index is 11.8. The van der Waals surface area contributed by atoms with Crippen molar-refractivity contribution in [2.45, 2.75) is 38.1 Å². The Balaban J connectivity index is 0.00000220. The molecule has 1 aliphatic rings. The molecule has 0 radical (unpaired) electrons. The smallest absolute Gasteiger partial charge is 0.870 e. The van der Waals surface area contributed by atoms with Gasteiger partial charge in [0.25, 0.3) is 0 Å². The van der Waals surface area contributed by atoms with Crippen LogP contribution < -0.4 is 44.7 Å². The van der Waals surface area contributed by atoms with Crippen LogP contribution in [0.5, 0.6) is 11.5 Å². The molecule has 0 aliphatic heterocycles. The van der Waals surface area contributed by atoms with Crippen LogP contribution in [0.15, 0.2) is 24.3 Å². The fourth-order valence-electron chi connectivity index (χ4n) is 2.46. The number of ether oxygens (including phenoxy) is 1. The van der Waals surface area contributed by atoms with Crippen molar-refractivity contribution in [1.82, 2.24) is 5.32 Å². The van der Waals surface area contributed by atoms with Crippen molar-refractivity contribution in [3.63, 3.8) is 0 Å². The van der Waals surface area contributed by atoms with E-state index in [1.807, 2.05) is 0 Å². The Morgan fingerprint density at radius 2 is 2.05 bits per heavy atom. The molecule has 1 saturated carbocycles. The summed E-state index contributed by atoms with van der Waals surface area (Å²) in [5.41, 5.74) is 0.778. The Morgan fingerprint density at radius 3 is 2.71 bits per heavy atom. The van der Waals surface area contributed by atoms with Gasteiger partial charge in [-0.15, -0.1) is 0 Å². The Hall–Kier alpha value is -0.970. The number of hydrogen-bond acceptors (Lipinski definition) is 3. The van der Waals surface area contributed by atoms with Crippen LogP contribution >= 0.6 is 0 Å². The first-order valence-corrected chi connectivity index (χ1v) is 7.02. The molecule has 1 fully saturated rings. The second-order valence-electron chi connectivity index (χ2n) is 5.09. The van der Waals surface area contributed by atoms with Gasteiger partial charge in [0.1, 0.15) is 5.75 Å². The molecule has 0 spiro atoms. The van der Waals surface area contributed by atoms with Gasteiger partial charge in [-0.05, 0) is 30.5 Å². The second-order valence-corrected chi connectivity index (χ2v) is 5.09. The molecule has 1 aromatic rings. The number of hydrogen-bond donors (Lipinski definition) is 1. The monoisotopic (exact) mass is 297 g/mol. The minimum Gasteiger partial charge on any atom is -0.870 e. The Bertz CT molecular complexity index is 496. The standard InChI is InChI=1S/C16H21NO3.Na/c1-20-15-11-12(7-9-14(15)18)8-10-16(19)17-13-5-3-2-4-6-13;/h7-11,13,18H,2-6H2,1H3,(H,17,19);/q;+1/p-1. The average molecular weight is 297 g/mol. The van der Waals surface area contributed by atoms with E-state index in [0.717, 1.165) is 18.4 Å². The first-order valence-electron chi connectivity index (χ1n) is 7.02. The SMILES string of the molecule is COc1cc(C=CC(=O)NC2CCCCC2)ccc1[O-].[Na+]. The van der Waals surface area contributed by atoms with E-state index in [9.17, 15) is 9.90 Å². The molecule has 4 nitrogen and oxygen atoms in total. The first kappa shape index (κ1) is 18.1. The normalized spacial score (nSPS) is 15.5. The van der Waals surface area contributed by atoms with Crippen LogP contribution in [-0.4, -0.2) is 19.1 Å². The first-order chi connectivity index (χ1) is 9.69. The van der Waals surface area contributed by atoms with Crippen molar-refractivity contribution >= 4 is 12.0 Å². The van der Waals surface area contributed by atoms with Crippen molar-refractivity contribution in [3.05, 3.63) is 29.8 Å². The predicted octanol–water partition coefficient (Wildman–Crippen LogP) is -0.765. The summed E-state index contributed by atoms with van der Waals surface area (Å²) in [6.45, 7) is 0.